The van der Waals surface area contributed by atoms with Crippen LogP contribution in [0.2, 0.25) is 0 Å². The van der Waals surface area contributed by atoms with Gasteiger partial charge in [-0.2, -0.15) is 0 Å². The number of aromatic nitrogens is 1. The predicted octanol–water partition coefficient (Wildman–Crippen LogP) is 4.04. The van der Waals surface area contributed by atoms with Crippen LogP contribution in [0.1, 0.15) is 37.7 Å². The molecule has 2 aromatic rings. The van der Waals surface area contributed by atoms with Crippen molar-refractivity contribution in [2.45, 2.75) is 42.9 Å². The fourth-order valence-electron chi connectivity index (χ4n) is 4.47. The van der Waals surface area contributed by atoms with E-state index in [9.17, 15) is 9.59 Å². The van der Waals surface area contributed by atoms with Crippen LogP contribution >= 0.6 is 11.8 Å². The number of hydrogen-bond donors (Lipinski definition) is 1. The van der Waals surface area contributed by atoms with E-state index in [1.165, 1.54) is 19.3 Å². The van der Waals surface area contributed by atoms with E-state index in [1.807, 2.05) is 41.3 Å². The molecule has 7 heteroatoms. The summed E-state index contributed by atoms with van der Waals surface area (Å²) in [7, 11) is 0. The maximum atomic E-state index is 12.7. The molecular weight excluding hydrogens is 420 g/mol. The number of hydrogen-bond acceptors (Lipinski definition) is 5. The molecule has 0 radical (unpaired) electrons. The number of carbonyl (C=O) groups is 2. The molecule has 6 nitrogen and oxygen atoms in total. The van der Waals surface area contributed by atoms with E-state index in [4.69, 9.17) is 0 Å². The van der Waals surface area contributed by atoms with Gasteiger partial charge in [-0.1, -0.05) is 37.5 Å². The van der Waals surface area contributed by atoms with Crippen LogP contribution in [0.4, 0.5) is 5.69 Å². The maximum absolute atomic E-state index is 12.7. The number of rotatable bonds is 7. The monoisotopic (exact) mass is 452 g/mol. The lowest BCUT2D eigenvalue weighted by molar-refractivity contribution is -0.138. The minimum atomic E-state index is -0.00779. The molecule has 1 aliphatic heterocycles. The zero-order valence-corrected chi connectivity index (χ0v) is 19.4. The molecule has 1 saturated heterocycles. The summed E-state index contributed by atoms with van der Waals surface area (Å²) < 4.78 is 0. The van der Waals surface area contributed by atoms with Crippen LogP contribution in [0, 0.1) is 5.92 Å². The number of nitrogens with zero attached hydrogens (tertiary/aromatic N) is 3. The first-order chi connectivity index (χ1) is 15.7. The Morgan fingerprint density at radius 1 is 1.00 bits per heavy atom. The van der Waals surface area contributed by atoms with Gasteiger partial charge in [0.25, 0.3) is 0 Å². The van der Waals surface area contributed by atoms with E-state index in [2.05, 4.69) is 21.3 Å². The number of thioether (sulfide) groups is 1. The Kier molecular flexibility index (Phi) is 8.18. The third kappa shape index (κ3) is 6.56. The van der Waals surface area contributed by atoms with Crippen molar-refractivity contribution in [3.05, 3.63) is 54.2 Å². The topological polar surface area (TPSA) is 65.5 Å². The number of amides is 2. The van der Waals surface area contributed by atoms with Gasteiger partial charge in [0.2, 0.25) is 11.8 Å². The second-order valence-electron chi connectivity index (χ2n) is 8.64. The van der Waals surface area contributed by atoms with Crippen molar-refractivity contribution in [2.24, 2.45) is 5.92 Å². The van der Waals surface area contributed by atoms with Gasteiger partial charge in [0, 0.05) is 49.7 Å². The molecule has 32 heavy (non-hydrogen) atoms. The van der Waals surface area contributed by atoms with Gasteiger partial charge in [-0.15, -0.1) is 11.8 Å². The summed E-state index contributed by atoms with van der Waals surface area (Å²) in [6.07, 6.45) is 7.50. The van der Waals surface area contributed by atoms with Gasteiger partial charge in [-0.05, 0) is 42.7 Å². The van der Waals surface area contributed by atoms with Crippen molar-refractivity contribution < 1.29 is 9.59 Å². The van der Waals surface area contributed by atoms with Crippen LogP contribution in [-0.2, 0) is 15.3 Å². The van der Waals surface area contributed by atoms with Crippen molar-refractivity contribution in [3.8, 4) is 0 Å². The van der Waals surface area contributed by atoms with Gasteiger partial charge >= 0.3 is 0 Å². The van der Waals surface area contributed by atoms with Crippen LogP contribution in [0.25, 0.3) is 0 Å². The minimum absolute atomic E-state index is 0.00779. The second-order valence-corrected chi connectivity index (χ2v) is 9.64. The van der Waals surface area contributed by atoms with Crippen molar-refractivity contribution in [2.75, 3.05) is 38.0 Å². The fourth-order valence-corrected chi connectivity index (χ4v) is 5.27. The first-order valence-electron chi connectivity index (χ1n) is 11.6. The largest absolute Gasteiger partial charge is 0.340 e. The highest BCUT2D eigenvalue weighted by Gasteiger charge is 2.28. The molecule has 0 spiro atoms. The Morgan fingerprint density at radius 2 is 1.81 bits per heavy atom. The average Bonchev–Trinajstić information content (AvgIpc) is 2.84. The average molecular weight is 453 g/mol. The van der Waals surface area contributed by atoms with Gasteiger partial charge in [-0.25, -0.2) is 4.98 Å². The third-order valence-corrected chi connectivity index (χ3v) is 7.26. The molecule has 2 fully saturated rings. The summed E-state index contributed by atoms with van der Waals surface area (Å²) in [4.78, 5) is 33.8. The first kappa shape index (κ1) is 22.8. The molecule has 0 bridgehead atoms. The molecule has 4 rings (SSSR count). The molecule has 170 valence electrons. The third-order valence-electron chi connectivity index (χ3n) is 6.24. The Morgan fingerprint density at radius 3 is 2.56 bits per heavy atom. The summed E-state index contributed by atoms with van der Waals surface area (Å²) in [5.74, 6) is 1.35. The molecule has 2 amide bonds. The van der Waals surface area contributed by atoms with E-state index in [-0.39, 0.29) is 11.8 Å². The summed E-state index contributed by atoms with van der Waals surface area (Å²) >= 11 is 1.68. The van der Waals surface area contributed by atoms with Crippen LogP contribution in [0.15, 0.2) is 53.7 Å². The van der Waals surface area contributed by atoms with Crippen LogP contribution in [0.3, 0.4) is 0 Å². The molecule has 1 aromatic carbocycles. The van der Waals surface area contributed by atoms with Crippen LogP contribution < -0.4 is 5.32 Å². The SMILES string of the molecule is O=C(CN1CCN(C(=O)C2CCCCC2)CC1)Nc1cccc(CSc2ccccn2)c1. The quantitative estimate of drug-likeness (QED) is 0.643. The Bertz CT molecular complexity index is 894. The Balaban J connectivity index is 1.21. The lowest BCUT2D eigenvalue weighted by Crippen LogP contribution is -2.52. The van der Waals surface area contributed by atoms with E-state index >= 15 is 0 Å². The lowest BCUT2D eigenvalue weighted by Gasteiger charge is -2.36. The smallest absolute Gasteiger partial charge is 0.238 e. The van der Waals surface area contributed by atoms with Crippen LogP contribution in [0.5, 0.6) is 0 Å². The van der Waals surface area contributed by atoms with Gasteiger partial charge in [-0.3, -0.25) is 14.5 Å². The number of carbonyl (C=O) groups excluding carboxylic acids is 2. The van der Waals surface area contributed by atoms with Crippen molar-refractivity contribution in [1.82, 2.24) is 14.8 Å². The van der Waals surface area contributed by atoms with Gasteiger partial charge in [0.05, 0.1) is 11.6 Å². The Labute approximate surface area is 194 Å². The number of nitrogens with one attached hydrogen (secondary N) is 1. The van der Waals surface area contributed by atoms with E-state index in [0.717, 1.165) is 61.1 Å². The number of piperazine rings is 1. The zero-order valence-electron chi connectivity index (χ0n) is 18.5. The molecule has 0 unspecified atom stereocenters. The molecule has 2 heterocycles. The van der Waals surface area contributed by atoms with Gasteiger partial charge in [0.1, 0.15) is 0 Å². The molecule has 1 N–H and O–H groups in total. The van der Waals surface area contributed by atoms with Gasteiger partial charge < -0.3 is 10.2 Å². The maximum Gasteiger partial charge on any atom is 0.238 e. The molecule has 0 atom stereocenters. The van der Waals surface area contributed by atoms with Gasteiger partial charge in [0.15, 0.2) is 0 Å². The standard InChI is InChI=1S/C25H32N4O2S/c30-23(18-28-13-15-29(16-14-28)25(31)21-8-2-1-3-9-21)27-22-10-6-7-20(17-22)19-32-24-11-4-5-12-26-24/h4-7,10-12,17,21H,1-3,8-9,13-16,18-19H2,(H,27,30). The summed E-state index contributed by atoms with van der Waals surface area (Å²) in [5, 5.41) is 4.02. The predicted molar refractivity (Wildman–Crippen MR) is 128 cm³/mol. The van der Waals surface area contributed by atoms with Crippen molar-refractivity contribution >= 4 is 29.3 Å². The highest BCUT2D eigenvalue weighted by atomic mass is 32.2. The molecule has 1 aliphatic carbocycles. The zero-order chi connectivity index (χ0) is 22.2. The minimum Gasteiger partial charge on any atom is -0.340 e. The molecule has 2 aliphatic rings. The normalized spacial score (nSPS) is 17.8. The number of pyridine rings is 1. The van der Waals surface area contributed by atoms with E-state index in [1.54, 1.807) is 18.0 Å². The van der Waals surface area contributed by atoms with E-state index < -0.39 is 0 Å². The highest BCUT2D eigenvalue weighted by Crippen LogP contribution is 2.26. The highest BCUT2D eigenvalue weighted by molar-refractivity contribution is 7.98. The Hall–Kier alpha value is -2.38. The molecule has 1 aromatic heterocycles. The number of anilines is 1. The summed E-state index contributed by atoms with van der Waals surface area (Å²) in [5.41, 5.74) is 1.97. The van der Waals surface area contributed by atoms with E-state index in [0.29, 0.717) is 12.5 Å². The molecule has 1 saturated carbocycles. The first-order valence-corrected chi connectivity index (χ1v) is 12.6. The number of benzene rings is 1. The fraction of sp³-hybridized carbons (Fsp3) is 0.480. The van der Waals surface area contributed by atoms with Crippen molar-refractivity contribution in [3.63, 3.8) is 0 Å². The second kappa shape index (κ2) is 11.5. The van der Waals surface area contributed by atoms with Crippen LogP contribution in [-0.4, -0.2) is 59.3 Å². The van der Waals surface area contributed by atoms with Crippen molar-refractivity contribution in [1.29, 1.82) is 0 Å². The summed E-state index contributed by atoms with van der Waals surface area (Å²) in [6, 6.07) is 13.9. The lowest BCUT2D eigenvalue weighted by atomic mass is 9.88. The molecular formula is C25H32N4O2S. The summed E-state index contributed by atoms with van der Waals surface area (Å²) in [6.45, 7) is 3.32.